The molecule has 2 rings (SSSR count). The number of thiophene rings is 1. The van der Waals surface area contributed by atoms with Crippen molar-refractivity contribution in [3.8, 4) is 0 Å². The molecule has 1 aromatic heterocycles. The highest BCUT2D eigenvalue weighted by Crippen LogP contribution is 2.18. The molecule has 0 unspecified atom stereocenters. The van der Waals surface area contributed by atoms with Gasteiger partial charge in [-0.25, -0.2) is 8.42 Å². The highest BCUT2D eigenvalue weighted by molar-refractivity contribution is 7.94. The zero-order valence-corrected chi connectivity index (χ0v) is 12.2. The number of rotatable bonds is 5. The molecule has 1 heterocycles. The summed E-state index contributed by atoms with van der Waals surface area (Å²) in [5, 5.41) is 4.23. The molecule has 0 saturated carbocycles. The van der Waals surface area contributed by atoms with E-state index in [1.807, 2.05) is 6.07 Å². The van der Waals surface area contributed by atoms with Crippen LogP contribution in [-0.2, 0) is 21.2 Å². The van der Waals surface area contributed by atoms with Gasteiger partial charge in [0.05, 0.1) is 0 Å². The third-order valence-corrected chi connectivity index (χ3v) is 5.67. The lowest BCUT2D eigenvalue weighted by molar-refractivity contribution is -0.113. The van der Waals surface area contributed by atoms with E-state index in [0.717, 1.165) is 16.9 Å². The molecule has 0 fully saturated rings. The maximum Gasteiger partial charge on any atom is 0.239 e. The second-order valence-corrected chi connectivity index (χ2v) is 7.31. The normalized spacial score (nSPS) is 11.2. The number of nitrogens with two attached hydrogens (primary N) is 1. The Morgan fingerprint density at radius 2 is 2.05 bits per heavy atom. The van der Waals surface area contributed by atoms with E-state index in [2.05, 4.69) is 5.32 Å². The van der Waals surface area contributed by atoms with Crippen molar-refractivity contribution in [2.45, 2.75) is 10.8 Å². The Bertz CT molecular complexity index is 694. The zero-order chi connectivity index (χ0) is 14.6. The van der Waals surface area contributed by atoms with E-state index < -0.39 is 21.5 Å². The number of hydrogen-bond donors (Lipinski definition) is 2. The van der Waals surface area contributed by atoms with Gasteiger partial charge >= 0.3 is 0 Å². The van der Waals surface area contributed by atoms with E-state index in [-0.39, 0.29) is 4.21 Å². The third-order valence-electron chi connectivity index (χ3n) is 2.57. The minimum atomic E-state index is -3.57. The molecule has 0 spiro atoms. The smallest absolute Gasteiger partial charge is 0.239 e. The van der Waals surface area contributed by atoms with Gasteiger partial charge in [0.25, 0.3) is 0 Å². The van der Waals surface area contributed by atoms with E-state index in [1.54, 1.807) is 29.6 Å². The van der Waals surface area contributed by atoms with Crippen molar-refractivity contribution in [1.82, 2.24) is 0 Å². The van der Waals surface area contributed by atoms with Crippen molar-refractivity contribution in [1.29, 1.82) is 0 Å². The molecule has 5 nitrogen and oxygen atoms in total. The number of carbonyl (C=O) groups excluding carboxylic acids is 1. The van der Waals surface area contributed by atoms with E-state index in [0.29, 0.717) is 12.2 Å². The van der Waals surface area contributed by atoms with Crippen LogP contribution in [0.3, 0.4) is 0 Å². The lowest BCUT2D eigenvalue weighted by Crippen LogP contribution is -2.22. The first-order valence-electron chi connectivity index (χ1n) is 5.86. The fourth-order valence-corrected chi connectivity index (χ4v) is 3.88. The minimum Gasteiger partial charge on any atom is -0.326 e. The van der Waals surface area contributed by atoms with E-state index >= 15 is 0 Å². The van der Waals surface area contributed by atoms with E-state index in [9.17, 15) is 13.2 Å². The fraction of sp³-hybridized carbons (Fsp3) is 0.154. The van der Waals surface area contributed by atoms with Crippen molar-refractivity contribution in [3.63, 3.8) is 0 Å². The number of anilines is 1. The number of sulfone groups is 1. The maximum absolute atomic E-state index is 11.9. The fourth-order valence-electron chi connectivity index (χ4n) is 1.66. The molecule has 7 heteroatoms. The van der Waals surface area contributed by atoms with Crippen LogP contribution < -0.4 is 11.1 Å². The van der Waals surface area contributed by atoms with E-state index in [1.165, 1.54) is 6.07 Å². The van der Waals surface area contributed by atoms with Gasteiger partial charge in [-0.05, 0) is 29.1 Å². The average Bonchev–Trinajstić information content (AvgIpc) is 2.92. The van der Waals surface area contributed by atoms with Crippen LogP contribution in [0.4, 0.5) is 5.69 Å². The highest BCUT2D eigenvalue weighted by atomic mass is 32.2. The number of amides is 1. The van der Waals surface area contributed by atoms with Crippen LogP contribution in [0.2, 0.25) is 0 Å². The van der Waals surface area contributed by atoms with Crippen LogP contribution in [0.25, 0.3) is 0 Å². The highest BCUT2D eigenvalue weighted by Gasteiger charge is 2.20. The van der Waals surface area contributed by atoms with Crippen LogP contribution >= 0.6 is 11.3 Å². The van der Waals surface area contributed by atoms with Crippen molar-refractivity contribution in [3.05, 3.63) is 47.3 Å². The standard InChI is InChI=1S/C13H14N2O3S2/c14-8-10-3-1-4-11(7-10)15-12(16)9-20(17,18)13-5-2-6-19-13/h1-7H,8-9,14H2,(H,15,16). The first-order valence-corrected chi connectivity index (χ1v) is 8.39. The summed E-state index contributed by atoms with van der Waals surface area (Å²) in [7, 11) is -3.57. The second kappa shape index (κ2) is 6.17. The number of carbonyl (C=O) groups is 1. The van der Waals surface area contributed by atoms with Gasteiger partial charge in [0.1, 0.15) is 9.96 Å². The number of nitrogens with one attached hydrogen (secondary N) is 1. The van der Waals surface area contributed by atoms with Crippen molar-refractivity contribution >= 4 is 32.8 Å². The molecule has 0 aliphatic rings. The Kier molecular flexibility index (Phi) is 4.53. The summed E-state index contributed by atoms with van der Waals surface area (Å²) >= 11 is 1.10. The largest absolute Gasteiger partial charge is 0.326 e. The van der Waals surface area contributed by atoms with Crippen LogP contribution in [0.15, 0.2) is 46.0 Å². The Balaban J connectivity index is 2.06. The molecule has 20 heavy (non-hydrogen) atoms. The van der Waals surface area contributed by atoms with Gasteiger partial charge in [0.2, 0.25) is 5.91 Å². The van der Waals surface area contributed by atoms with Crippen molar-refractivity contribution < 1.29 is 13.2 Å². The molecule has 1 amide bonds. The lowest BCUT2D eigenvalue weighted by atomic mass is 10.2. The van der Waals surface area contributed by atoms with Crippen LogP contribution in [0, 0.1) is 0 Å². The molecule has 0 saturated heterocycles. The molecule has 3 N–H and O–H groups in total. The zero-order valence-electron chi connectivity index (χ0n) is 10.6. The number of hydrogen-bond acceptors (Lipinski definition) is 5. The van der Waals surface area contributed by atoms with Crippen LogP contribution in [0.1, 0.15) is 5.56 Å². The predicted molar refractivity (Wildman–Crippen MR) is 79.3 cm³/mol. The topological polar surface area (TPSA) is 89.3 Å². The summed E-state index contributed by atoms with van der Waals surface area (Å²) in [5.74, 6) is -1.13. The maximum atomic E-state index is 11.9. The quantitative estimate of drug-likeness (QED) is 0.878. The lowest BCUT2D eigenvalue weighted by Gasteiger charge is -2.06. The summed E-state index contributed by atoms with van der Waals surface area (Å²) in [6, 6.07) is 10.1. The Morgan fingerprint density at radius 1 is 1.25 bits per heavy atom. The molecule has 0 atom stereocenters. The summed E-state index contributed by atoms with van der Waals surface area (Å²) in [5.41, 5.74) is 6.91. The van der Waals surface area contributed by atoms with Gasteiger partial charge in [-0.1, -0.05) is 18.2 Å². The molecule has 2 aromatic rings. The second-order valence-electron chi connectivity index (χ2n) is 4.14. The number of benzene rings is 1. The molecule has 0 aliphatic carbocycles. The predicted octanol–water partition coefficient (Wildman–Crippen LogP) is 1.62. The van der Waals surface area contributed by atoms with Crippen LogP contribution in [0.5, 0.6) is 0 Å². The first-order chi connectivity index (χ1) is 9.51. The monoisotopic (exact) mass is 310 g/mol. The average molecular weight is 310 g/mol. The minimum absolute atomic E-state index is 0.198. The van der Waals surface area contributed by atoms with Gasteiger partial charge < -0.3 is 11.1 Å². The van der Waals surface area contributed by atoms with Gasteiger partial charge in [0, 0.05) is 12.2 Å². The van der Waals surface area contributed by atoms with Crippen LogP contribution in [-0.4, -0.2) is 20.1 Å². The summed E-state index contributed by atoms with van der Waals surface area (Å²) in [6.07, 6.45) is 0. The summed E-state index contributed by atoms with van der Waals surface area (Å²) in [6.45, 7) is 0.358. The first kappa shape index (κ1) is 14.7. The van der Waals surface area contributed by atoms with Gasteiger partial charge in [0.15, 0.2) is 9.84 Å². The molecule has 1 aromatic carbocycles. The molecule has 0 bridgehead atoms. The van der Waals surface area contributed by atoms with Crippen molar-refractivity contribution in [2.24, 2.45) is 5.73 Å². The van der Waals surface area contributed by atoms with Gasteiger partial charge in [-0.2, -0.15) is 0 Å². The summed E-state index contributed by atoms with van der Waals surface area (Å²) in [4.78, 5) is 11.8. The molecular weight excluding hydrogens is 296 g/mol. The van der Waals surface area contributed by atoms with E-state index in [4.69, 9.17) is 5.73 Å². The Labute approximate surface area is 121 Å². The van der Waals surface area contributed by atoms with Crippen molar-refractivity contribution in [2.75, 3.05) is 11.1 Å². The molecular formula is C13H14N2O3S2. The van der Waals surface area contributed by atoms with Gasteiger partial charge in [-0.3, -0.25) is 4.79 Å². The molecule has 106 valence electrons. The molecule has 0 radical (unpaired) electrons. The summed E-state index contributed by atoms with van der Waals surface area (Å²) < 4.78 is 24.1. The SMILES string of the molecule is NCc1cccc(NC(=O)CS(=O)(=O)c2cccs2)c1. The van der Waals surface area contributed by atoms with Gasteiger partial charge in [-0.15, -0.1) is 11.3 Å². The Hall–Kier alpha value is -1.70. The third kappa shape index (κ3) is 3.66. The Morgan fingerprint density at radius 3 is 2.70 bits per heavy atom. The molecule has 0 aliphatic heterocycles.